The molecule has 0 aromatic carbocycles. The second-order valence-electron chi connectivity index (χ2n) is 3.43. The van der Waals surface area contributed by atoms with Crippen molar-refractivity contribution in [3.8, 4) is 0 Å². The molecule has 0 aliphatic rings. The predicted octanol–water partition coefficient (Wildman–Crippen LogP) is -6.67. The molecule has 0 saturated heterocycles. The zero-order valence-electron chi connectivity index (χ0n) is 10.6. The first kappa shape index (κ1) is 22.1. The standard InChI is InChI=1S/C10H18O4.2Na/c1-3-7(9(11)12)5-6-8(4-2)10(13)14;;/h7-8H,3-6H2,1-2H3,(H,11,12)(H,13,14);;/q;2*+1/p-2. The maximum atomic E-state index is 10.5. The average molecular weight is 246 g/mol. The number of aliphatic carboxylic acids is 2. The summed E-state index contributed by atoms with van der Waals surface area (Å²) in [5.74, 6) is -3.27. The maximum Gasteiger partial charge on any atom is 1.00 e. The molecule has 0 radical (unpaired) electrons. The van der Waals surface area contributed by atoms with Crippen LogP contribution in [0.3, 0.4) is 0 Å². The Morgan fingerprint density at radius 3 is 1.25 bits per heavy atom. The van der Waals surface area contributed by atoms with Gasteiger partial charge in [-0.3, -0.25) is 0 Å². The van der Waals surface area contributed by atoms with Crippen LogP contribution in [0.2, 0.25) is 0 Å². The Labute approximate surface area is 141 Å². The molecular formula is C10H16Na2O4. The summed E-state index contributed by atoms with van der Waals surface area (Å²) in [4.78, 5) is 21.1. The van der Waals surface area contributed by atoms with Crippen LogP contribution in [-0.2, 0) is 9.59 Å². The number of carboxylic acid groups (broad SMARTS) is 2. The van der Waals surface area contributed by atoms with Crippen molar-refractivity contribution in [3.05, 3.63) is 0 Å². The Bertz CT molecular complexity index is 187. The molecule has 6 heteroatoms. The molecule has 0 heterocycles. The minimum absolute atomic E-state index is 0. The van der Waals surface area contributed by atoms with E-state index in [0.717, 1.165) is 0 Å². The topological polar surface area (TPSA) is 80.3 Å². The number of carboxylic acids is 2. The third-order valence-electron chi connectivity index (χ3n) is 2.52. The SMILES string of the molecule is CCC(CCC(CC)C(=O)[O-])C(=O)[O-].[Na+].[Na+]. The van der Waals surface area contributed by atoms with E-state index in [1.807, 2.05) is 0 Å². The Hall–Kier alpha value is 0.940. The largest absolute Gasteiger partial charge is 1.00 e. The monoisotopic (exact) mass is 246 g/mol. The van der Waals surface area contributed by atoms with Crippen LogP contribution >= 0.6 is 0 Å². The molecule has 0 amide bonds. The van der Waals surface area contributed by atoms with E-state index in [2.05, 4.69) is 0 Å². The summed E-state index contributed by atoms with van der Waals surface area (Å²) in [7, 11) is 0. The number of hydrogen-bond acceptors (Lipinski definition) is 4. The van der Waals surface area contributed by atoms with Gasteiger partial charge < -0.3 is 19.8 Å². The Morgan fingerprint density at radius 2 is 1.12 bits per heavy atom. The van der Waals surface area contributed by atoms with Gasteiger partial charge in [-0.05, 0) is 37.5 Å². The molecule has 0 spiro atoms. The summed E-state index contributed by atoms with van der Waals surface area (Å²) in [6.07, 6.45) is 1.66. The van der Waals surface area contributed by atoms with Gasteiger partial charge in [0.05, 0.1) is 0 Å². The van der Waals surface area contributed by atoms with Crippen LogP contribution in [0.25, 0.3) is 0 Å². The van der Waals surface area contributed by atoms with Gasteiger partial charge in [-0.2, -0.15) is 0 Å². The third kappa shape index (κ3) is 9.02. The van der Waals surface area contributed by atoms with Crippen molar-refractivity contribution >= 4 is 11.9 Å². The van der Waals surface area contributed by atoms with Gasteiger partial charge in [0, 0.05) is 11.9 Å². The van der Waals surface area contributed by atoms with E-state index < -0.39 is 23.8 Å². The van der Waals surface area contributed by atoms with Crippen LogP contribution in [0.1, 0.15) is 39.5 Å². The normalized spacial score (nSPS) is 12.9. The molecule has 0 fully saturated rings. The van der Waals surface area contributed by atoms with Crippen molar-refractivity contribution in [2.24, 2.45) is 11.8 Å². The Morgan fingerprint density at radius 1 is 0.875 bits per heavy atom. The minimum Gasteiger partial charge on any atom is -0.550 e. The van der Waals surface area contributed by atoms with Crippen LogP contribution in [0.4, 0.5) is 0 Å². The summed E-state index contributed by atoms with van der Waals surface area (Å²) in [5, 5.41) is 21.1. The third-order valence-corrected chi connectivity index (χ3v) is 2.52. The summed E-state index contributed by atoms with van der Waals surface area (Å²) in [6.45, 7) is 3.50. The summed E-state index contributed by atoms with van der Waals surface area (Å²) < 4.78 is 0. The average Bonchev–Trinajstić information content (AvgIpc) is 2.11. The molecule has 0 saturated carbocycles. The fourth-order valence-electron chi connectivity index (χ4n) is 1.38. The number of hydrogen-bond donors (Lipinski definition) is 0. The van der Waals surface area contributed by atoms with E-state index >= 15 is 0 Å². The van der Waals surface area contributed by atoms with Gasteiger partial charge in [-0.15, -0.1) is 0 Å². The van der Waals surface area contributed by atoms with Crippen molar-refractivity contribution in [2.75, 3.05) is 0 Å². The van der Waals surface area contributed by atoms with Crippen LogP contribution in [0, 0.1) is 11.8 Å². The first-order chi connectivity index (χ1) is 6.52. The van der Waals surface area contributed by atoms with Crippen molar-refractivity contribution in [3.63, 3.8) is 0 Å². The Balaban J connectivity index is -0.000000845. The van der Waals surface area contributed by atoms with Gasteiger partial charge in [-0.1, -0.05) is 13.8 Å². The Kier molecular flexibility index (Phi) is 17.2. The van der Waals surface area contributed by atoms with Gasteiger partial charge in [0.15, 0.2) is 0 Å². The molecule has 4 nitrogen and oxygen atoms in total. The second kappa shape index (κ2) is 12.4. The van der Waals surface area contributed by atoms with E-state index in [4.69, 9.17) is 0 Å². The second-order valence-corrected chi connectivity index (χ2v) is 3.43. The molecule has 0 aliphatic heterocycles. The maximum absolute atomic E-state index is 10.5. The minimum atomic E-state index is -1.10. The van der Waals surface area contributed by atoms with Gasteiger partial charge in [-0.25, -0.2) is 0 Å². The molecule has 0 N–H and O–H groups in total. The first-order valence-electron chi connectivity index (χ1n) is 4.94. The fourth-order valence-corrected chi connectivity index (χ4v) is 1.38. The molecule has 2 unspecified atom stereocenters. The molecule has 0 aliphatic carbocycles. The smallest absolute Gasteiger partial charge is 0.550 e. The van der Waals surface area contributed by atoms with Gasteiger partial charge in [0.1, 0.15) is 0 Å². The van der Waals surface area contributed by atoms with Gasteiger partial charge in [0.25, 0.3) is 0 Å². The molecule has 2 atom stereocenters. The predicted molar refractivity (Wildman–Crippen MR) is 46.8 cm³/mol. The van der Waals surface area contributed by atoms with Crippen LogP contribution in [-0.4, -0.2) is 11.9 Å². The zero-order chi connectivity index (χ0) is 11.1. The molecule has 16 heavy (non-hydrogen) atoms. The number of rotatable bonds is 7. The van der Waals surface area contributed by atoms with Gasteiger partial charge in [0.2, 0.25) is 0 Å². The van der Waals surface area contributed by atoms with E-state index in [1.54, 1.807) is 13.8 Å². The van der Waals surface area contributed by atoms with Crippen molar-refractivity contribution < 1.29 is 78.9 Å². The quantitative estimate of drug-likeness (QED) is 0.418. The first-order valence-corrected chi connectivity index (χ1v) is 4.94. The zero-order valence-corrected chi connectivity index (χ0v) is 14.6. The number of carbonyl (C=O) groups is 2. The molecule has 0 aromatic heterocycles. The summed E-state index contributed by atoms with van der Waals surface area (Å²) >= 11 is 0. The summed E-state index contributed by atoms with van der Waals surface area (Å²) in [6, 6.07) is 0. The van der Waals surface area contributed by atoms with Crippen LogP contribution in [0.15, 0.2) is 0 Å². The van der Waals surface area contributed by atoms with Gasteiger partial charge >= 0.3 is 59.1 Å². The molecule has 0 aromatic rings. The van der Waals surface area contributed by atoms with Crippen molar-refractivity contribution in [1.82, 2.24) is 0 Å². The van der Waals surface area contributed by atoms with Crippen molar-refractivity contribution in [2.45, 2.75) is 39.5 Å². The van der Waals surface area contributed by atoms with E-state index in [0.29, 0.717) is 25.7 Å². The summed E-state index contributed by atoms with van der Waals surface area (Å²) in [5.41, 5.74) is 0. The van der Waals surface area contributed by atoms with Crippen LogP contribution in [0.5, 0.6) is 0 Å². The fraction of sp³-hybridized carbons (Fsp3) is 0.800. The van der Waals surface area contributed by atoms with E-state index in [9.17, 15) is 19.8 Å². The van der Waals surface area contributed by atoms with Crippen molar-refractivity contribution in [1.29, 1.82) is 0 Å². The van der Waals surface area contributed by atoms with E-state index in [-0.39, 0.29) is 59.1 Å². The molecule has 0 bridgehead atoms. The van der Waals surface area contributed by atoms with E-state index in [1.165, 1.54) is 0 Å². The molecule has 82 valence electrons. The number of carbonyl (C=O) groups excluding carboxylic acids is 2. The van der Waals surface area contributed by atoms with Crippen LogP contribution < -0.4 is 69.3 Å². The molecule has 0 rings (SSSR count). The molecular weight excluding hydrogens is 230 g/mol.